The highest BCUT2D eigenvalue weighted by molar-refractivity contribution is 9.10. The van der Waals surface area contributed by atoms with Crippen molar-refractivity contribution in [2.24, 2.45) is 5.92 Å². The third-order valence-corrected chi connectivity index (χ3v) is 6.12. The van der Waals surface area contributed by atoms with Crippen molar-refractivity contribution >= 4 is 39.1 Å². The van der Waals surface area contributed by atoms with Crippen LogP contribution >= 0.6 is 27.3 Å². The molecule has 1 aromatic heterocycles. The zero-order valence-electron chi connectivity index (χ0n) is 14.1. The van der Waals surface area contributed by atoms with Crippen molar-refractivity contribution in [1.82, 2.24) is 10.2 Å². The van der Waals surface area contributed by atoms with Gasteiger partial charge in [-0.3, -0.25) is 9.59 Å². The smallest absolute Gasteiger partial charge is 0.263 e. The molecular formula is C19H21BrN2O2S. The van der Waals surface area contributed by atoms with Crippen LogP contribution in [0.25, 0.3) is 0 Å². The minimum absolute atomic E-state index is 0.0203. The van der Waals surface area contributed by atoms with Crippen LogP contribution in [-0.4, -0.2) is 29.8 Å². The summed E-state index contributed by atoms with van der Waals surface area (Å²) in [4.78, 5) is 27.7. The van der Waals surface area contributed by atoms with Crippen molar-refractivity contribution in [1.29, 1.82) is 0 Å². The van der Waals surface area contributed by atoms with Crippen LogP contribution in [0.2, 0.25) is 0 Å². The van der Waals surface area contributed by atoms with Crippen molar-refractivity contribution in [2.45, 2.75) is 25.8 Å². The van der Waals surface area contributed by atoms with Gasteiger partial charge in [-0.1, -0.05) is 40.2 Å². The molecule has 2 heterocycles. The minimum Gasteiger partial charge on any atom is -0.349 e. The van der Waals surface area contributed by atoms with Crippen LogP contribution in [0.3, 0.4) is 0 Å². The summed E-state index contributed by atoms with van der Waals surface area (Å²) in [5, 5.41) is 5.00. The van der Waals surface area contributed by atoms with Crippen molar-refractivity contribution in [2.75, 3.05) is 13.1 Å². The second kappa shape index (κ2) is 8.15. The fourth-order valence-electron chi connectivity index (χ4n) is 3.17. The maximum atomic E-state index is 12.7. The summed E-state index contributed by atoms with van der Waals surface area (Å²) in [6, 6.07) is 11.5. The molecule has 1 aliphatic heterocycles. The number of likely N-dealkylation sites (tertiary alicyclic amines) is 1. The normalized spacial score (nSPS) is 18.6. The maximum Gasteiger partial charge on any atom is 0.263 e. The van der Waals surface area contributed by atoms with Gasteiger partial charge in [-0.15, -0.1) is 11.3 Å². The van der Waals surface area contributed by atoms with Crippen LogP contribution in [0.5, 0.6) is 0 Å². The molecule has 4 nitrogen and oxygen atoms in total. The molecule has 1 saturated heterocycles. The molecule has 0 spiro atoms. The van der Waals surface area contributed by atoms with E-state index in [4.69, 9.17) is 0 Å². The molecular weight excluding hydrogens is 400 g/mol. The predicted octanol–water partition coefficient (Wildman–Crippen LogP) is 4.24. The Bertz CT molecular complexity index is 748. The molecule has 1 N–H and O–H groups in total. The van der Waals surface area contributed by atoms with Gasteiger partial charge in [-0.2, -0.15) is 0 Å². The van der Waals surface area contributed by atoms with Gasteiger partial charge in [0.05, 0.1) is 16.8 Å². The topological polar surface area (TPSA) is 49.4 Å². The quantitative estimate of drug-likeness (QED) is 0.803. The number of thiophene rings is 1. The zero-order valence-corrected chi connectivity index (χ0v) is 16.5. The SMILES string of the molecule is C[C@@H](NC(=O)[C@H]1CCCN(C(=O)c2cccs2)C1)c1ccccc1Br. The molecule has 1 aliphatic rings. The van der Waals surface area contributed by atoms with E-state index >= 15 is 0 Å². The van der Waals surface area contributed by atoms with Crippen LogP contribution in [0.4, 0.5) is 0 Å². The molecule has 132 valence electrons. The number of amides is 2. The molecule has 2 atom stereocenters. The molecule has 0 bridgehead atoms. The first kappa shape index (κ1) is 18.1. The number of hydrogen-bond acceptors (Lipinski definition) is 3. The Balaban J connectivity index is 1.62. The molecule has 0 saturated carbocycles. The number of nitrogens with zero attached hydrogens (tertiary/aromatic N) is 1. The average Bonchev–Trinajstić information content (AvgIpc) is 3.16. The van der Waals surface area contributed by atoms with E-state index in [0.29, 0.717) is 6.54 Å². The Morgan fingerprint density at radius 1 is 1.28 bits per heavy atom. The van der Waals surface area contributed by atoms with Crippen molar-refractivity contribution in [3.05, 3.63) is 56.7 Å². The first-order valence-electron chi connectivity index (χ1n) is 8.44. The van der Waals surface area contributed by atoms with Gasteiger partial charge in [0.25, 0.3) is 5.91 Å². The summed E-state index contributed by atoms with van der Waals surface area (Å²) in [6.07, 6.45) is 1.68. The molecule has 0 radical (unpaired) electrons. The van der Waals surface area contributed by atoms with Gasteiger partial charge in [0, 0.05) is 17.6 Å². The summed E-state index contributed by atoms with van der Waals surface area (Å²) >= 11 is 4.98. The first-order chi connectivity index (χ1) is 12.1. The number of carbonyl (C=O) groups is 2. The van der Waals surface area contributed by atoms with Gasteiger partial charge in [-0.05, 0) is 42.8 Å². The summed E-state index contributed by atoms with van der Waals surface area (Å²) in [6.45, 7) is 3.20. The lowest BCUT2D eigenvalue weighted by Crippen LogP contribution is -2.45. The maximum absolute atomic E-state index is 12.7. The average molecular weight is 421 g/mol. The van der Waals surface area contributed by atoms with Crippen molar-refractivity contribution in [3.63, 3.8) is 0 Å². The second-order valence-electron chi connectivity index (χ2n) is 6.32. The fraction of sp³-hybridized carbons (Fsp3) is 0.368. The highest BCUT2D eigenvalue weighted by Crippen LogP contribution is 2.25. The number of halogens is 1. The Hall–Kier alpha value is -1.66. The Morgan fingerprint density at radius 2 is 2.08 bits per heavy atom. The zero-order chi connectivity index (χ0) is 17.8. The highest BCUT2D eigenvalue weighted by atomic mass is 79.9. The molecule has 2 aromatic rings. The van der Waals surface area contributed by atoms with Gasteiger partial charge in [0.1, 0.15) is 0 Å². The Labute approximate surface area is 160 Å². The Morgan fingerprint density at radius 3 is 2.80 bits per heavy atom. The van der Waals surface area contributed by atoms with E-state index in [1.165, 1.54) is 11.3 Å². The lowest BCUT2D eigenvalue weighted by Gasteiger charge is -2.32. The molecule has 25 heavy (non-hydrogen) atoms. The van der Waals surface area contributed by atoms with E-state index in [-0.39, 0.29) is 23.8 Å². The monoisotopic (exact) mass is 420 g/mol. The van der Waals surface area contributed by atoms with Gasteiger partial charge in [0.2, 0.25) is 5.91 Å². The van der Waals surface area contributed by atoms with Crippen LogP contribution in [0, 0.1) is 5.92 Å². The molecule has 6 heteroatoms. The second-order valence-corrected chi connectivity index (χ2v) is 8.12. The lowest BCUT2D eigenvalue weighted by molar-refractivity contribution is -0.127. The van der Waals surface area contributed by atoms with Gasteiger partial charge >= 0.3 is 0 Å². The lowest BCUT2D eigenvalue weighted by atomic mass is 9.96. The van der Waals surface area contributed by atoms with Gasteiger partial charge in [0.15, 0.2) is 0 Å². The molecule has 1 aromatic carbocycles. The van der Waals surface area contributed by atoms with E-state index in [1.807, 2.05) is 53.6 Å². The summed E-state index contributed by atoms with van der Waals surface area (Å²) in [5.41, 5.74) is 1.05. The summed E-state index contributed by atoms with van der Waals surface area (Å²) < 4.78 is 0.987. The molecule has 0 aliphatic carbocycles. The van der Waals surface area contributed by atoms with E-state index < -0.39 is 0 Å². The number of rotatable bonds is 4. The number of hydrogen-bond donors (Lipinski definition) is 1. The first-order valence-corrected chi connectivity index (χ1v) is 10.1. The van der Waals surface area contributed by atoms with Crippen molar-refractivity contribution in [3.8, 4) is 0 Å². The largest absolute Gasteiger partial charge is 0.349 e. The molecule has 1 fully saturated rings. The van der Waals surface area contributed by atoms with E-state index in [1.54, 1.807) is 0 Å². The van der Waals surface area contributed by atoms with Crippen LogP contribution in [0.1, 0.15) is 41.0 Å². The molecule has 2 amide bonds. The highest BCUT2D eigenvalue weighted by Gasteiger charge is 2.30. The fourth-order valence-corrected chi connectivity index (χ4v) is 4.49. The Kier molecular flexibility index (Phi) is 5.91. The minimum atomic E-state index is -0.150. The summed E-state index contributed by atoms with van der Waals surface area (Å²) in [5.74, 6) is -0.0964. The standard InChI is InChI=1S/C19H21BrN2O2S/c1-13(15-7-2-3-8-16(15)20)21-18(23)14-6-4-10-22(12-14)19(24)17-9-5-11-25-17/h2-3,5,7-9,11,13-14H,4,6,10,12H2,1H3,(H,21,23)/t13-,14+/m1/s1. The van der Waals surface area contributed by atoms with Gasteiger partial charge < -0.3 is 10.2 Å². The molecule has 3 rings (SSSR count). The van der Waals surface area contributed by atoms with E-state index in [9.17, 15) is 9.59 Å². The third kappa shape index (κ3) is 4.30. The predicted molar refractivity (Wildman–Crippen MR) is 104 cm³/mol. The number of benzene rings is 1. The summed E-state index contributed by atoms with van der Waals surface area (Å²) in [7, 11) is 0. The van der Waals surface area contributed by atoms with Crippen molar-refractivity contribution < 1.29 is 9.59 Å². The number of carbonyl (C=O) groups excluding carboxylic acids is 2. The van der Waals surface area contributed by atoms with Crippen LogP contribution < -0.4 is 5.32 Å². The van der Waals surface area contributed by atoms with E-state index in [2.05, 4.69) is 21.2 Å². The van der Waals surface area contributed by atoms with Gasteiger partial charge in [-0.25, -0.2) is 0 Å². The van der Waals surface area contributed by atoms with Crippen LogP contribution in [-0.2, 0) is 4.79 Å². The van der Waals surface area contributed by atoms with E-state index in [0.717, 1.165) is 34.3 Å². The number of nitrogens with one attached hydrogen (secondary N) is 1. The third-order valence-electron chi connectivity index (χ3n) is 4.54. The number of piperidine rings is 1. The molecule has 0 unspecified atom stereocenters. The van der Waals surface area contributed by atoms with Crippen LogP contribution in [0.15, 0.2) is 46.3 Å².